The van der Waals surface area contributed by atoms with E-state index in [2.05, 4.69) is 27.7 Å². The van der Waals surface area contributed by atoms with Gasteiger partial charge in [0.2, 0.25) is 0 Å². The van der Waals surface area contributed by atoms with E-state index >= 15 is 0 Å². The lowest BCUT2D eigenvalue weighted by Gasteiger charge is -2.27. The molecule has 0 fully saturated rings. The van der Waals surface area contributed by atoms with Crippen LogP contribution in [0.15, 0.2) is 0 Å². The molecule has 0 rings (SSSR count). The molecule has 0 radical (unpaired) electrons. The Hall–Kier alpha value is 0.177. The molecule has 0 saturated carbocycles. The van der Waals surface area contributed by atoms with Crippen molar-refractivity contribution in [3.63, 3.8) is 0 Å². The van der Waals surface area contributed by atoms with Crippen molar-refractivity contribution in [2.24, 2.45) is 0 Å². The van der Waals surface area contributed by atoms with Gasteiger partial charge in [0.15, 0.2) is 8.32 Å². The van der Waals surface area contributed by atoms with Crippen LogP contribution in [0.4, 0.5) is 0 Å². The van der Waals surface area contributed by atoms with Gasteiger partial charge < -0.3 is 4.43 Å². The molecular weight excluding hydrogens is 212 g/mol. The van der Waals surface area contributed by atoms with Crippen LogP contribution in [-0.2, 0) is 4.43 Å². The van der Waals surface area contributed by atoms with Crippen molar-refractivity contribution in [2.45, 2.75) is 84.4 Å². The summed E-state index contributed by atoms with van der Waals surface area (Å²) in [5.74, 6) is 0. The highest BCUT2D eigenvalue weighted by molar-refractivity contribution is 6.73. The molecule has 0 N–H and O–H groups in total. The Morgan fingerprint density at radius 3 is 1.69 bits per heavy atom. The second-order valence-electron chi connectivity index (χ2n) is 4.86. The summed E-state index contributed by atoms with van der Waals surface area (Å²) >= 11 is 0. The van der Waals surface area contributed by atoms with E-state index in [9.17, 15) is 0 Å². The smallest absolute Gasteiger partial charge is 0.191 e. The molecule has 0 atom stereocenters. The molecule has 0 unspecified atom stereocenters. The van der Waals surface area contributed by atoms with Gasteiger partial charge in [0.25, 0.3) is 0 Å². The fraction of sp³-hybridized carbons (Fsp3) is 1.00. The zero-order chi connectivity index (χ0) is 12.3. The number of hydrogen-bond donors (Lipinski definition) is 0. The maximum Gasteiger partial charge on any atom is 0.191 e. The van der Waals surface area contributed by atoms with Crippen molar-refractivity contribution in [3.05, 3.63) is 0 Å². The quantitative estimate of drug-likeness (QED) is 0.351. The molecule has 1 nitrogen and oxygen atoms in total. The van der Waals surface area contributed by atoms with Crippen LogP contribution < -0.4 is 0 Å². The van der Waals surface area contributed by atoms with Gasteiger partial charge in [-0.25, -0.2) is 0 Å². The summed E-state index contributed by atoms with van der Waals surface area (Å²) in [6.45, 7) is 10.2. The van der Waals surface area contributed by atoms with Crippen molar-refractivity contribution >= 4 is 8.32 Å². The van der Waals surface area contributed by atoms with Crippen molar-refractivity contribution in [1.29, 1.82) is 0 Å². The lowest BCUT2D eigenvalue weighted by atomic mass is 10.1. The van der Waals surface area contributed by atoms with Gasteiger partial charge in [-0.2, -0.15) is 0 Å². The van der Waals surface area contributed by atoms with Crippen molar-refractivity contribution in [1.82, 2.24) is 0 Å². The zero-order valence-corrected chi connectivity index (χ0v) is 13.0. The van der Waals surface area contributed by atoms with Gasteiger partial charge in [-0.15, -0.1) is 0 Å². The van der Waals surface area contributed by atoms with E-state index in [4.69, 9.17) is 4.43 Å². The maximum absolute atomic E-state index is 6.22. The first-order chi connectivity index (χ1) is 7.74. The van der Waals surface area contributed by atoms with Crippen LogP contribution in [0.3, 0.4) is 0 Å². The van der Waals surface area contributed by atoms with E-state index in [-0.39, 0.29) is 0 Å². The van der Waals surface area contributed by atoms with Gasteiger partial charge >= 0.3 is 0 Å². The van der Waals surface area contributed by atoms with Gasteiger partial charge in [0.05, 0.1) is 0 Å². The summed E-state index contributed by atoms with van der Waals surface area (Å²) in [4.78, 5) is 0. The van der Waals surface area contributed by atoms with Crippen LogP contribution in [0.1, 0.15) is 66.2 Å². The Bertz CT molecular complexity index is 135. The van der Waals surface area contributed by atoms with Crippen LogP contribution in [-0.4, -0.2) is 14.9 Å². The number of hydrogen-bond acceptors (Lipinski definition) is 1. The topological polar surface area (TPSA) is 9.23 Å². The lowest BCUT2D eigenvalue weighted by Crippen LogP contribution is -2.36. The third kappa shape index (κ3) is 6.69. The summed E-state index contributed by atoms with van der Waals surface area (Å²) in [7, 11) is -1.29. The summed E-state index contributed by atoms with van der Waals surface area (Å²) in [6, 6.07) is 3.86. The molecule has 0 aliphatic heterocycles. The van der Waals surface area contributed by atoms with Crippen LogP contribution in [0, 0.1) is 0 Å². The molecule has 98 valence electrons. The molecule has 0 aromatic carbocycles. The van der Waals surface area contributed by atoms with Crippen LogP contribution >= 0.6 is 0 Å². The predicted octanol–water partition coefficient (Wildman–Crippen LogP) is 5.37. The third-order valence-corrected chi connectivity index (χ3v) is 8.52. The standard InChI is InChI=1S/C14H32OSi/c1-5-9-10-11-12-13-14-15-16(6-2,7-3)8-4/h5-14H2,1-4H3. The van der Waals surface area contributed by atoms with E-state index in [1.807, 2.05) is 0 Å². The summed E-state index contributed by atoms with van der Waals surface area (Å²) < 4.78 is 6.22. The zero-order valence-electron chi connectivity index (χ0n) is 12.0. The van der Waals surface area contributed by atoms with E-state index in [0.717, 1.165) is 6.61 Å². The monoisotopic (exact) mass is 244 g/mol. The highest BCUT2D eigenvalue weighted by Gasteiger charge is 2.27. The first kappa shape index (κ1) is 16.2. The van der Waals surface area contributed by atoms with Crippen LogP contribution in [0.5, 0.6) is 0 Å². The molecule has 0 aliphatic rings. The normalized spacial score (nSPS) is 12.0. The Labute approximate surface area is 104 Å². The highest BCUT2D eigenvalue weighted by Crippen LogP contribution is 2.22. The Morgan fingerprint density at radius 2 is 1.19 bits per heavy atom. The third-order valence-electron chi connectivity index (χ3n) is 3.84. The van der Waals surface area contributed by atoms with Gasteiger partial charge in [-0.05, 0) is 24.6 Å². The second-order valence-corrected chi connectivity index (χ2v) is 9.64. The molecule has 0 aromatic heterocycles. The molecule has 0 aromatic rings. The SMILES string of the molecule is CCCCCCCCO[Si](CC)(CC)CC. The average molecular weight is 244 g/mol. The number of unbranched alkanes of at least 4 members (excludes halogenated alkanes) is 5. The molecule has 0 aliphatic carbocycles. The van der Waals surface area contributed by atoms with Crippen LogP contribution in [0.25, 0.3) is 0 Å². The van der Waals surface area contributed by atoms with Crippen molar-refractivity contribution in [2.75, 3.05) is 6.61 Å². The molecule has 0 spiro atoms. The fourth-order valence-electron chi connectivity index (χ4n) is 2.23. The summed E-state index contributed by atoms with van der Waals surface area (Å²) in [5, 5.41) is 0. The molecular formula is C14H32OSi. The summed E-state index contributed by atoms with van der Waals surface area (Å²) in [5.41, 5.74) is 0. The summed E-state index contributed by atoms with van der Waals surface area (Å²) in [6.07, 6.45) is 8.19. The minimum Gasteiger partial charge on any atom is -0.417 e. The van der Waals surface area contributed by atoms with Gasteiger partial charge in [-0.3, -0.25) is 0 Å². The first-order valence-electron chi connectivity index (χ1n) is 7.38. The molecule has 0 saturated heterocycles. The number of rotatable bonds is 11. The van der Waals surface area contributed by atoms with Gasteiger partial charge in [0.1, 0.15) is 0 Å². The second kappa shape index (κ2) is 10.3. The van der Waals surface area contributed by atoms with Gasteiger partial charge in [0, 0.05) is 6.61 Å². The van der Waals surface area contributed by atoms with E-state index < -0.39 is 8.32 Å². The molecule has 2 heteroatoms. The average Bonchev–Trinajstić information content (AvgIpc) is 2.34. The van der Waals surface area contributed by atoms with E-state index in [1.165, 1.54) is 56.7 Å². The molecule has 0 bridgehead atoms. The Kier molecular flexibility index (Phi) is 10.5. The highest BCUT2D eigenvalue weighted by atomic mass is 28.4. The minimum atomic E-state index is -1.29. The van der Waals surface area contributed by atoms with E-state index in [1.54, 1.807) is 0 Å². The Morgan fingerprint density at radius 1 is 0.688 bits per heavy atom. The van der Waals surface area contributed by atoms with Crippen LogP contribution in [0.2, 0.25) is 18.1 Å². The molecule has 16 heavy (non-hydrogen) atoms. The van der Waals surface area contributed by atoms with E-state index in [0.29, 0.717) is 0 Å². The fourth-order valence-corrected chi connectivity index (χ4v) is 4.92. The van der Waals surface area contributed by atoms with Gasteiger partial charge in [-0.1, -0.05) is 59.8 Å². The maximum atomic E-state index is 6.22. The molecule has 0 heterocycles. The lowest BCUT2D eigenvalue weighted by molar-refractivity contribution is 0.287. The molecule has 0 amide bonds. The predicted molar refractivity (Wildman–Crippen MR) is 76.5 cm³/mol. The Balaban J connectivity index is 3.48. The van der Waals surface area contributed by atoms with Crippen molar-refractivity contribution in [3.8, 4) is 0 Å². The van der Waals surface area contributed by atoms with Crippen molar-refractivity contribution < 1.29 is 4.43 Å². The largest absolute Gasteiger partial charge is 0.417 e. The first-order valence-corrected chi connectivity index (χ1v) is 9.91. The minimum absolute atomic E-state index is 1.02.